The second kappa shape index (κ2) is 5.18. The van der Waals surface area contributed by atoms with Crippen LogP contribution in [0.3, 0.4) is 0 Å². The molecule has 1 aromatic carbocycles. The number of ether oxygens (including phenoxy) is 1. The van der Waals surface area contributed by atoms with Crippen LogP contribution in [0.5, 0.6) is 5.75 Å². The van der Waals surface area contributed by atoms with Gasteiger partial charge in [0, 0.05) is 7.05 Å². The fraction of sp³-hybridized carbons (Fsp3) is 0.364. The van der Waals surface area contributed by atoms with Crippen LogP contribution >= 0.6 is 0 Å². The topological polar surface area (TPSA) is 72.5 Å². The molecule has 0 aliphatic carbocycles. The summed E-state index contributed by atoms with van der Waals surface area (Å²) in [6.07, 6.45) is 0. The Kier molecular flexibility index (Phi) is 4.11. The number of benzene rings is 1. The van der Waals surface area contributed by atoms with Crippen LogP contribution in [-0.2, 0) is 14.6 Å². The second-order valence-electron chi connectivity index (χ2n) is 3.48. The number of amides is 1. The van der Waals surface area contributed by atoms with E-state index in [4.69, 9.17) is 4.74 Å². The van der Waals surface area contributed by atoms with Crippen molar-refractivity contribution in [3.8, 4) is 5.75 Å². The highest BCUT2D eigenvalue weighted by atomic mass is 32.2. The van der Waals surface area contributed by atoms with E-state index >= 15 is 0 Å². The third-order valence-corrected chi connectivity index (χ3v) is 4.51. The molecule has 0 saturated heterocycles. The first-order valence-corrected chi connectivity index (χ1v) is 6.57. The van der Waals surface area contributed by atoms with E-state index in [1.165, 1.54) is 33.2 Å². The quantitative estimate of drug-likeness (QED) is 0.857. The molecule has 0 aliphatic rings. The molecule has 0 aromatic heterocycles. The molecule has 0 spiro atoms. The van der Waals surface area contributed by atoms with Crippen molar-refractivity contribution in [2.24, 2.45) is 0 Å². The number of hydrogen-bond donors (Lipinski definition) is 1. The van der Waals surface area contributed by atoms with Crippen LogP contribution in [0.25, 0.3) is 0 Å². The average Bonchev–Trinajstić information content (AvgIpc) is 2.36. The zero-order valence-corrected chi connectivity index (χ0v) is 10.7. The van der Waals surface area contributed by atoms with Crippen LogP contribution in [0, 0.1) is 0 Å². The molecule has 0 heterocycles. The van der Waals surface area contributed by atoms with Gasteiger partial charge in [-0.05, 0) is 25.1 Å². The van der Waals surface area contributed by atoms with E-state index in [0.29, 0.717) is 5.75 Å². The number of rotatable bonds is 4. The highest BCUT2D eigenvalue weighted by Crippen LogP contribution is 2.21. The second-order valence-corrected chi connectivity index (χ2v) is 5.75. The summed E-state index contributed by atoms with van der Waals surface area (Å²) in [6, 6.07) is 6.05. The molecule has 94 valence electrons. The molecular formula is C11H15NO4S. The maximum absolute atomic E-state index is 12.1. The van der Waals surface area contributed by atoms with Gasteiger partial charge in [0.1, 0.15) is 11.0 Å². The number of carbonyl (C=O) groups excluding carboxylic acids is 1. The molecule has 0 aliphatic heterocycles. The number of sulfone groups is 1. The lowest BCUT2D eigenvalue weighted by Crippen LogP contribution is -2.35. The lowest BCUT2D eigenvalue weighted by atomic mass is 10.3. The van der Waals surface area contributed by atoms with Gasteiger partial charge in [-0.15, -0.1) is 0 Å². The summed E-state index contributed by atoms with van der Waals surface area (Å²) < 4.78 is 29.1. The summed E-state index contributed by atoms with van der Waals surface area (Å²) >= 11 is 0. The first-order valence-electron chi connectivity index (χ1n) is 5.03. The van der Waals surface area contributed by atoms with Crippen LogP contribution in [0.15, 0.2) is 29.2 Å². The minimum atomic E-state index is -3.67. The minimum Gasteiger partial charge on any atom is -0.497 e. The van der Waals surface area contributed by atoms with Gasteiger partial charge in [0.25, 0.3) is 0 Å². The summed E-state index contributed by atoms with van der Waals surface area (Å²) in [4.78, 5) is 11.4. The predicted octanol–water partition coefficient (Wildman–Crippen LogP) is 0.603. The van der Waals surface area contributed by atoms with E-state index in [1.807, 2.05) is 0 Å². The normalized spacial score (nSPS) is 12.9. The Hall–Kier alpha value is -1.56. The zero-order chi connectivity index (χ0) is 13.1. The van der Waals surface area contributed by atoms with Gasteiger partial charge in [-0.1, -0.05) is 6.07 Å². The van der Waals surface area contributed by atoms with E-state index in [9.17, 15) is 13.2 Å². The Labute approximate surface area is 101 Å². The number of methoxy groups -OCH3 is 1. The van der Waals surface area contributed by atoms with Crippen LogP contribution in [0.2, 0.25) is 0 Å². The number of hydrogen-bond acceptors (Lipinski definition) is 4. The fourth-order valence-electron chi connectivity index (χ4n) is 1.33. The summed E-state index contributed by atoms with van der Waals surface area (Å²) in [5, 5.41) is 1.19. The predicted molar refractivity (Wildman–Crippen MR) is 63.7 cm³/mol. The third-order valence-electron chi connectivity index (χ3n) is 2.45. The summed E-state index contributed by atoms with van der Waals surface area (Å²) in [6.45, 7) is 1.35. The van der Waals surface area contributed by atoms with Crippen molar-refractivity contribution in [1.29, 1.82) is 0 Å². The van der Waals surface area contributed by atoms with Crippen molar-refractivity contribution in [3.05, 3.63) is 24.3 Å². The van der Waals surface area contributed by atoms with Crippen LogP contribution < -0.4 is 10.1 Å². The first kappa shape index (κ1) is 13.5. The van der Waals surface area contributed by atoms with E-state index in [2.05, 4.69) is 5.32 Å². The molecule has 1 N–H and O–H groups in total. The number of carbonyl (C=O) groups is 1. The Morgan fingerprint density at radius 2 is 2.06 bits per heavy atom. The molecular weight excluding hydrogens is 242 g/mol. The third kappa shape index (κ3) is 2.76. The molecule has 1 aromatic rings. The lowest BCUT2D eigenvalue weighted by Gasteiger charge is -2.12. The molecule has 0 fully saturated rings. The van der Waals surface area contributed by atoms with E-state index in [1.54, 1.807) is 12.1 Å². The van der Waals surface area contributed by atoms with Crippen molar-refractivity contribution in [2.75, 3.05) is 14.2 Å². The number of nitrogens with one attached hydrogen (secondary N) is 1. The van der Waals surface area contributed by atoms with Gasteiger partial charge in [-0.25, -0.2) is 8.42 Å². The van der Waals surface area contributed by atoms with Gasteiger partial charge in [0.05, 0.1) is 12.0 Å². The molecule has 6 heteroatoms. The van der Waals surface area contributed by atoms with E-state index in [0.717, 1.165) is 0 Å². The van der Waals surface area contributed by atoms with Crippen LogP contribution in [0.1, 0.15) is 6.92 Å². The van der Waals surface area contributed by atoms with Crippen LogP contribution in [0.4, 0.5) is 0 Å². The van der Waals surface area contributed by atoms with Gasteiger partial charge in [0.15, 0.2) is 9.84 Å². The van der Waals surface area contributed by atoms with Crippen molar-refractivity contribution in [3.63, 3.8) is 0 Å². The smallest absolute Gasteiger partial charge is 0.238 e. The maximum Gasteiger partial charge on any atom is 0.238 e. The van der Waals surface area contributed by atoms with Gasteiger partial charge in [-0.3, -0.25) is 4.79 Å². The molecule has 5 nitrogen and oxygen atoms in total. The van der Waals surface area contributed by atoms with Crippen molar-refractivity contribution in [1.82, 2.24) is 5.32 Å². The Morgan fingerprint density at radius 3 is 2.59 bits per heavy atom. The molecule has 1 atom stereocenters. The fourth-order valence-corrected chi connectivity index (χ4v) is 2.68. The highest BCUT2D eigenvalue weighted by molar-refractivity contribution is 7.92. The highest BCUT2D eigenvalue weighted by Gasteiger charge is 2.29. The Morgan fingerprint density at radius 1 is 1.41 bits per heavy atom. The van der Waals surface area contributed by atoms with E-state index in [-0.39, 0.29) is 4.90 Å². The van der Waals surface area contributed by atoms with Gasteiger partial charge in [0.2, 0.25) is 5.91 Å². The van der Waals surface area contributed by atoms with Gasteiger partial charge in [-0.2, -0.15) is 0 Å². The Bertz CT molecular complexity index is 510. The van der Waals surface area contributed by atoms with Crippen molar-refractivity contribution < 1.29 is 17.9 Å². The summed E-state index contributed by atoms with van der Waals surface area (Å²) in [7, 11) is -0.820. The van der Waals surface area contributed by atoms with Gasteiger partial charge >= 0.3 is 0 Å². The SMILES string of the molecule is CNC(=O)[C@H](C)S(=O)(=O)c1cccc(OC)c1. The molecule has 1 rings (SSSR count). The molecule has 0 unspecified atom stereocenters. The first-order chi connectivity index (χ1) is 7.93. The molecule has 0 radical (unpaired) electrons. The monoisotopic (exact) mass is 257 g/mol. The zero-order valence-electron chi connectivity index (χ0n) is 9.93. The molecule has 0 bridgehead atoms. The van der Waals surface area contributed by atoms with Crippen molar-refractivity contribution >= 4 is 15.7 Å². The van der Waals surface area contributed by atoms with Crippen molar-refractivity contribution in [2.45, 2.75) is 17.1 Å². The Balaban J connectivity index is 3.17. The maximum atomic E-state index is 12.1. The molecule has 17 heavy (non-hydrogen) atoms. The van der Waals surface area contributed by atoms with E-state index < -0.39 is 21.0 Å². The largest absolute Gasteiger partial charge is 0.497 e. The van der Waals surface area contributed by atoms with Crippen LogP contribution in [-0.4, -0.2) is 33.7 Å². The lowest BCUT2D eigenvalue weighted by molar-refractivity contribution is -0.119. The van der Waals surface area contributed by atoms with Gasteiger partial charge < -0.3 is 10.1 Å². The molecule has 1 amide bonds. The standard InChI is InChI=1S/C11H15NO4S/c1-8(11(13)12-2)17(14,15)10-6-4-5-9(7-10)16-3/h4-8H,1-3H3,(H,12,13)/t8-/m0/s1. The molecule has 0 saturated carbocycles. The minimum absolute atomic E-state index is 0.0768. The summed E-state index contributed by atoms with van der Waals surface area (Å²) in [5.41, 5.74) is 0. The summed E-state index contributed by atoms with van der Waals surface area (Å²) in [5.74, 6) is -0.0944. The average molecular weight is 257 g/mol.